The van der Waals surface area contributed by atoms with Gasteiger partial charge in [0.2, 0.25) is 10.0 Å². The van der Waals surface area contributed by atoms with Gasteiger partial charge in [-0.3, -0.25) is 9.78 Å². The minimum Gasteiger partial charge on any atom is -0.495 e. The molecular formula is C22H23N3O4S. The van der Waals surface area contributed by atoms with Crippen molar-refractivity contribution in [1.29, 1.82) is 0 Å². The van der Waals surface area contributed by atoms with Crippen LogP contribution in [0.5, 0.6) is 5.75 Å². The number of hydrogen-bond donors (Lipinski definition) is 2. The third kappa shape index (κ3) is 5.65. The van der Waals surface area contributed by atoms with E-state index < -0.39 is 10.0 Å². The Morgan fingerprint density at radius 2 is 1.73 bits per heavy atom. The molecule has 1 aromatic heterocycles. The number of pyridine rings is 1. The van der Waals surface area contributed by atoms with Crippen LogP contribution in [0.1, 0.15) is 21.5 Å². The van der Waals surface area contributed by atoms with Gasteiger partial charge in [-0.1, -0.05) is 30.3 Å². The molecule has 0 unspecified atom stereocenters. The second-order valence-corrected chi connectivity index (χ2v) is 8.27. The lowest BCUT2D eigenvalue weighted by atomic mass is 10.2. The van der Waals surface area contributed by atoms with Gasteiger partial charge in [-0.15, -0.1) is 0 Å². The summed E-state index contributed by atoms with van der Waals surface area (Å²) in [5, 5.41) is 2.77. The van der Waals surface area contributed by atoms with Crippen LogP contribution in [-0.2, 0) is 23.0 Å². The molecule has 0 saturated heterocycles. The number of carbonyl (C=O) groups excluding carboxylic acids is 1. The Labute approximate surface area is 176 Å². The highest BCUT2D eigenvalue weighted by molar-refractivity contribution is 7.89. The maximum absolute atomic E-state index is 12.8. The van der Waals surface area contributed by atoms with E-state index in [0.29, 0.717) is 13.0 Å². The van der Waals surface area contributed by atoms with E-state index in [0.717, 1.165) is 11.1 Å². The van der Waals surface area contributed by atoms with Crippen LogP contribution in [0.3, 0.4) is 0 Å². The number of nitrogens with zero attached hydrogens (tertiary/aromatic N) is 1. The zero-order valence-electron chi connectivity index (χ0n) is 16.5. The van der Waals surface area contributed by atoms with Gasteiger partial charge in [0, 0.05) is 31.0 Å². The standard InChI is InChI=1S/C22H23N3O4S/c1-29-20-8-7-19(22(26)24-16-18-9-12-23-13-10-18)15-21(20)30(27,28)25-14-11-17-5-3-2-4-6-17/h2-10,12-13,15,25H,11,14,16H2,1H3,(H,24,26). The van der Waals surface area contributed by atoms with Crippen molar-refractivity contribution in [2.24, 2.45) is 0 Å². The van der Waals surface area contributed by atoms with Gasteiger partial charge in [-0.05, 0) is 47.9 Å². The summed E-state index contributed by atoms with van der Waals surface area (Å²) in [6.45, 7) is 0.540. The fourth-order valence-corrected chi connectivity index (χ4v) is 4.09. The van der Waals surface area contributed by atoms with E-state index in [1.165, 1.54) is 25.3 Å². The van der Waals surface area contributed by atoms with Crippen molar-refractivity contribution in [2.45, 2.75) is 17.9 Å². The lowest BCUT2D eigenvalue weighted by molar-refractivity contribution is 0.0950. The Balaban J connectivity index is 1.71. The number of benzene rings is 2. The van der Waals surface area contributed by atoms with Crippen molar-refractivity contribution < 1.29 is 17.9 Å². The summed E-state index contributed by atoms with van der Waals surface area (Å²) in [6, 6.07) is 17.5. The Kier molecular flexibility index (Phi) is 7.16. The molecule has 0 bridgehead atoms. The number of nitrogens with one attached hydrogen (secondary N) is 2. The maximum Gasteiger partial charge on any atom is 0.251 e. The molecule has 0 atom stereocenters. The summed E-state index contributed by atoms with van der Waals surface area (Å²) in [6.07, 6.45) is 3.83. The number of carbonyl (C=O) groups is 1. The largest absolute Gasteiger partial charge is 0.495 e. The van der Waals surface area contributed by atoms with Crippen LogP contribution in [0.15, 0.2) is 78.0 Å². The first-order valence-electron chi connectivity index (χ1n) is 9.38. The number of sulfonamides is 1. The van der Waals surface area contributed by atoms with Crippen molar-refractivity contribution in [3.8, 4) is 5.75 Å². The van der Waals surface area contributed by atoms with E-state index in [-0.39, 0.29) is 28.7 Å². The van der Waals surface area contributed by atoms with Gasteiger partial charge < -0.3 is 10.1 Å². The molecule has 0 aliphatic heterocycles. The summed E-state index contributed by atoms with van der Waals surface area (Å²) < 4.78 is 33.4. The minimum atomic E-state index is -3.86. The molecule has 0 aliphatic carbocycles. The fraction of sp³-hybridized carbons (Fsp3) is 0.182. The smallest absolute Gasteiger partial charge is 0.251 e. The van der Waals surface area contributed by atoms with Gasteiger partial charge in [-0.2, -0.15) is 0 Å². The maximum atomic E-state index is 12.8. The molecule has 2 aromatic carbocycles. The molecule has 30 heavy (non-hydrogen) atoms. The summed E-state index contributed by atoms with van der Waals surface area (Å²) in [5.74, 6) is -0.205. The molecule has 0 saturated carbocycles. The van der Waals surface area contributed by atoms with E-state index in [4.69, 9.17) is 4.74 Å². The molecule has 7 nitrogen and oxygen atoms in total. The van der Waals surface area contributed by atoms with Crippen molar-refractivity contribution in [3.05, 3.63) is 89.7 Å². The molecule has 1 heterocycles. The van der Waals surface area contributed by atoms with Crippen LogP contribution in [-0.4, -0.2) is 33.0 Å². The highest BCUT2D eigenvalue weighted by atomic mass is 32.2. The Morgan fingerprint density at radius 3 is 2.43 bits per heavy atom. The quantitative estimate of drug-likeness (QED) is 0.549. The van der Waals surface area contributed by atoms with Crippen LogP contribution >= 0.6 is 0 Å². The van der Waals surface area contributed by atoms with Gasteiger partial charge in [-0.25, -0.2) is 13.1 Å². The Hall–Kier alpha value is -3.23. The molecule has 0 radical (unpaired) electrons. The number of amides is 1. The third-order valence-electron chi connectivity index (χ3n) is 4.47. The molecule has 0 spiro atoms. The number of methoxy groups -OCH3 is 1. The molecule has 3 rings (SSSR count). The van der Waals surface area contributed by atoms with Crippen molar-refractivity contribution in [3.63, 3.8) is 0 Å². The topological polar surface area (TPSA) is 97.4 Å². The van der Waals surface area contributed by atoms with E-state index in [1.807, 2.05) is 30.3 Å². The summed E-state index contributed by atoms with van der Waals surface area (Å²) >= 11 is 0. The normalized spacial score (nSPS) is 11.1. The van der Waals surface area contributed by atoms with E-state index >= 15 is 0 Å². The summed E-state index contributed by atoms with van der Waals surface area (Å²) in [5.41, 5.74) is 2.15. The van der Waals surface area contributed by atoms with Gasteiger partial charge in [0.05, 0.1) is 7.11 Å². The van der Waals surface area contributed by atoms with Crippen LogP contribution in [0.4, 0.5) is 0 Å². The first-order chi connectivity index (χ1) is 14.5. The average Bonchev–Trinajstić information content (AvgIpc) is 2.78. The van der Waals surface area contributed by atoms with Gasteiger partial charge in [0.25, 0.3) is 5.91 Å². The van der Waals surface area contributed by atoms with Crippen LogP contribution in [0.25, 0.3) is 0 Å². The van der Waals surface area contributed by atoms with E-state index in [1.54, 1.807) is 24.5 Å². The zero-order valence-corrected chi connectivity index (χ0v) is 17.4. The first-order valence-corrected chi connectivity index (χ1v) is 10.9. The SMILES string of the molecule is COc1ccc(C(=O)NCc2ccncc2)cc1S(=O)(=O)NCCc1ccccc1. The van der Waals surface area contributed by atoms with Crippen molar-refractivity contribution >= 4 is 15.9 Å². The average molecular weight is 426 g/mol. The van der Waals surface area contributed by atoms with Crippen molar-refractivity contribution in [2.75, 3.05) is 13.7 Å². The lowest BCUT2D eigenvalue weighted by Gasteiger charge is -2.13. The summed E-state index contributed by atoms with van der Waals surface area (Å²) in [4.78, 5) is 16.4. The van der Waals surface area contributed by atoms with E-state index in [2.05, 4.69) is 15.0 Å². The van der Waals surface area contributed by atoms with E-state index in [9.17, 15) is 13.2 Å². The summed E-state index contributed by atoms with van der Waals surface area (Å²) in [7, 11) is -2.47. The molecule has 0 aliphatic rings. The molecule has 156 valence electrons. The van der Waals surface area contributed by atoms with Crippen LogP contribution < -0.4 is 14.8 Å². The molecule has 2 N–H and O–H groups in total. The van der Waals surface area contributed by atoms with Gasteiger partial charge >= 0.3 is 0 Å². The first kappa shape index (κ1) is 21.5. The second-order valence-electron chi connectivity index (χ2n) is 6.54. The van der Waals surface area contributed by atoms with Crippen LogP contribution in [0.2, 0.25) is 0 Å². The van der Waals surface area contributed by atoms with Crippen molar-refractivity contribution in [1.82, 2.24) is 15.0 Å². The fourth-order valence-electron chi connectivity index (χ4n) is 2.87. The predicted octanol–water partition coefficient (Wildman–Crippen LogP) is 2.54. The number of aromatic nitrogens is 1. The monoisotopic (exact) mass is 425 g/mol. The number of rotatable bonds is 9. The minimum absolute atomic E-state index is 0.0744. The molecular weight excluding hydrogens is 402 g/mol. The zero-order chi connectivity index (χ0) is 21.4. The molecule has 8 heteroatoms. The van der Waals surface area contributed by atoms with Crippen LogP contribution in [0, 0.1) is 0 Å². The van der Waals surface area contributed by atoms with Gasteiger partial charge in [0.15, 0.2) is 0 Å². The Morgan fingerprint density at radius 1 is 1.00 bits per heavy atom. The van der Waals surface area contributed by atoms with Gasteiger partial charge in [0.1, 0.15) is 10.6 Å². The highest BCUT2D eigenvalue weighted by Gasteiger charge is 2.21. The molecule has 0 fully saturated rings. The predicted molar refractivity (Wildman–Crippen MR) is 114 cm³/mol. The number of hydrogen-bond acceptors (Lipinski definition) is 5. The second kappa shape index (κ2) is 10.00. The number of ether oxygens (including phenoxy) is 1. The highest BCUT2D eigenvalue weighted by Crippen LogP contribution is 2.25. The Bertz CT molecular complexity index is 1090. The lowest BCUT2D eigenvalue weighted by Crippen LogP contribution is -2.27. The molecule has 3 aromatic rings. The molecule has 1 amide bonds. The third-order valence-corrected chi connectivity index (χ3v) is 5.95.